The second-order valence-corrected chi connectivity index (χ2v) is 10.1. The van der Waals surface area contributed by atoms with Gasteiger partial charge in [-0.1, -0.05) is 17.7 Å². The van der Waals surface area contributed by atoms with Crippen molar-refractivity contribution in [2.75, 3.05) is 18.4 Å². The van der Waals surface area contributed by atoms with E-state index in [2.05, 4.69) is 28.3 Å². The highest BCUT2D eigenvalue weighted by molar-refractivity contribution is 7.89. The topological polar surface area (TPSA) is 75.2 Å². The zero-order valence-electron chi connectivity index (χ0n) is 15.3. The van der Waals surface area contributed by atoms with Gasteiger partial charge in [-0.15, -0.1) is 11.3 Å². The second-order valence-electron chi connectivity index (χ2n) is 6.93. The Kier molecular flexibility index (Phi) is 4.88. The first kappa shape index (κ1) is 18.3. The van der Waals surface area contributed by atoms with Gasteiger partial charge in [0.2, 0.25) is 10.0 Å². The highest BCUT2D eigenvalue weighted by Gasteiger charge is 2.29. The van der Waals surface area contributed by atoms with Crippen LogP contribution in [-0.4, -0.2) is 41.8 Å². The summed E-state index contributed by atoms with van der Waals surface area (Å²) >= 11 is 1.65. The number of benzene rings is 1. The van der Waals surface area contributed by atoms with E-state index in [0.29, 0.717) is 18.0 Å². The number of aromatic nitrogens is 2. The molecular formula is C19H22N4O2S2. The molecule has 1 N–H and O–H groups in total. The second kappa shape index (κ2) is 7.18. The molecule has 1 aromatic carbocycles. The standard InChI is InChI=1S/C19H22N4O2S2/c1-13-3-5-16(6-4-13)27(24,25)23-9-7-15(8-10-23)22-18-17-11-14(2)26-19(17)21-12-20-18/h3-6,11-12,15H,7-10H2,1-2H3,(H,20,21,22). The summed E-state index contributed by atoms with van der Waals surface area (Å²) in [7, 11) is -3.42. The molecule has 0 atom stereocenters. The van der Waals surface area contributed by atoms with Crippen molar-refractivity contribution in [1.82, 2.24) is 14.3 Å². The molecular weight excluding hydrogens is 380 g/mol. The van der Waals surface area contributed by atoms with Crippen LogP contribution in [0, 0.1) is 13.8 Å². The van der Waals surface area contributed by atoms with E-state index < -0.39 is 10.0 Å². The zero-order chi connectivity index (χ0) is 19.0. The molecule has 1 aliphatic heterocycles. The molecule has 0 radical (unpaired) electrons. The number of fused-ring (bicyclic) bond motifs is 1. The van der Waals surface area contributed by atoms with Crippen LogP contribution < -0.4 is 5.32 Å². The summed E-state index contributed by atoms with van der Waals surface area (Å²) in [5, 5.41) is 4.53. The summed E-state index contributed by atoms with van der Waals surface area (Å²) in [6, 6.07) is 9.35. The summed E-state index contributed by atoms with van der Waals surface area (Å²) in [6.07, 6.45) is 3.08. The third kappa shape index (κ3) is 3.69. The lowest BCUT2D eigenvalue weighted by molar-refractivity contribution is 0.329. The Hall–Kier alpha value is -2.03. The van der Waals surface area contributed by atoms with Crippen LogP contribution in [0.3, 0.4) is 0 Å². The van der Waals surface area contributed by atoms with Gasteiger partial charge in [0, 0.05) is 24.0 Å². The number of aryl methyl sites for hydroxylation is 2. The number of rotatable bonds is 4. The van der Waals surface area contributed by atoms with Crippen molar-refractivity contribution >= 4 is 37.4 Å². The van der Waals surface area contributed by atoms with Crippen LogP contribution in [0.4, 0.5) is 5.82 Å². The molecule has 3 aromatic rings. The number of hydrogen-bond acceptors (Lipinski definition) is 6. The molecule has 1 fully saturated rings. The van der Waals surface area contributed by atoms with E-state index in [1.165, 1.54) is 4.88 Å². The highest BCUT2D eigenvalue weighted by atomic mass is 32.2. The molecule has 27 heavy (non-hydrogen) atoms. The smallest absolute Gasteiger partial charge is 0.243 e. The van der Waals surface area contributed by atoms with Crippen LogP contribution in [0.25, 0.3) is 10.2 Å². The fourth-order valence-electron chi connectivity index (χ4n) is 3.38. The maximum absolute atomic E-state index is 12.8. The number of hydrogen-bond donors (Lipinski definition) is 1. The predicted octanol–water partition coefficient (Wildman–Crippen LogP) is 3.57. The summed E-state index contributed by atoms with van der Waals surface area (Å²) < 4.78 is 27.2. The molecule has 6 nitrogen and oxygen atoms in total. The van der Waals surface area contributed by atoms with E-state index in [0.717, 1.165) is 34.4 Å². The Morgan fingerprint density at radius 3 is 2.52 bits per heavy atom. The Morgan fingerprint density at radius 1 is 1.11 bits per heavy atom. The molecule has 2 aromatic heterocycles. The summed E-state index contributed by atoms with van der Waals surface area (Å²) in [5.74, 6) is 0.837. The van der Waals surface area contributed by atoms with E-state index in [-0.39, 0.29) is 6.04 Å². The van der Waals surface area contributed by atoms with Crippen LogP contribution >= 0.6 is 11.3 Å². The summed E-state index contributed by atoms with van der Waals surface area (Å²) in [6.45, 7) is 5.02. The van der Waals surface area contributed by atoms with Gasteiger partial charge in [-0.25, -0.2) is 18.4 Å². The first-order valence-electron chi connectivity index (χ1n) is 8.98. The van der Waals surface area contributed by atoms with Gasteiger partial charge in [-0.2, -0.15) is 4.31 Å². The minimum Gasteiger partial charge on any atom is -0.367 e. The van der Waals surface area contributed by atoms with Crippen molar-refractivity contribution in [3.05, 3.63) is 47.1 Å². The van der Waals surface area contributed by atoms with E-state index in [4.69, 9.17) is 0 Å². The summed E-state index contributed by atoms with van der Waals surface area (Å²) in [5.41, 5.74) is 1.05. The normalized spacial score (nSPS) is 16.7. The lowest BCUT2D eigenvalue weighted by Gasteiger charge is -2.32. The van der Waals surface area contributed by atoms with Gasteiger partial charge in [0.15, 0.2) is 0 Å². The average Bonchev–Trinajstić information content (AvgIpc) is 3.04. The molecule has 1 aliphatic rings. The fourth-order valence-corrected chi connectivity index (χ4v) is 5.70. The maximum Gasteiger partial charge on any atom is 0.243 e. The Balaban J connectivity index is 1.45. The maximum atomic E-state index is 12.8. The van der Waals surface area contributed by atoms with Gasteiger partial charge >= 0.3 is 0 Å². The molecule has 0 spiro atoms. The molecule has 8 heteroatoms. The van der Waals surface area contributed by atoms with Crippen molar-refractivity contribution < 1.29 is 8.42 Å². The average molecular weight is 403 g/mol. The first-order chi connectivity index (χ1) is 12.9. The van der Waals surface area contributed by atoms with Crippen LogP contribution in [-0.2, 0) is 10.0 Å². The number of nitrogens with one attached hydrogen (secondary N) is 1. The van der Waals surface area contributed by atoms with Gasteiger partial charge in [0.1, 0.15) is 17.0 Å². The van der Waals surface area contributed by atoms with Gasteiger partial charge in [0.05, 0.1) is 10.3 Å². The van der Waals surface area contributed by atoms with E-state index >= 15 is 0 Å². The monoisotopic (exact) mass is 402 g/mol. The Morgan fingerprint density at radius 2 is 1.81 bits per heavy atom. The Bertz CT molecular complexity index is 1050. The van der Waals surface area contributed by atoms with Crippen LogP contribution in [0.2, 0.25) is 0 Å². The SMILES string of the molecule is Cc1ccc(S(=O)(=O)N2CCC(Nc3ncnc4sc(C)cc34)CC2)cc1. The van der Waals surface area contributed by atoms with Gasteiger partial charge in [-0.3, -0.25) is 0 Å². The molecule has 0 bridgehead atoms. The van der Waals surface area contributed by atoms with Crippen molar-refractivity contribution in [2.24, 2.45) is 0 Å². The van der Waals surface area contributed by atoms with Gasteiger partial charge < -0.3 is 5.32 Å². The lowest BCUT2D eigenvalue weighted by atomic mass is 10.1. The van der Waals surface area contributed by atoms with E-state index in [1.54, 1.807) is 34.1 Å². The van der Waals surface area contributed by atoms with Crippen molar-refractivity contribution in [3.63, 3.8) is 0 Å². The molecule has 1 saturated heterocycles. The quantitative estimate of drug-likeness (QED) is 0.722. The summed E-state index contributed by atoms with van der Waals surface area (Å²) in [4.78, 5) is 11.3. The van der Waals surface area contributed by atoms with Crippen molar-refractivity contribution in [3.8, 4) is 0 Å². The number of sulfonamides is 1. The van der Waals surface area contributed by atoms with E-state index in [1.807, 2.05) is 19.1 Å². The molecule has 4 rings (SSSR count). The van der Waals surface area contributed by atoms with Crippen LogP contribution in [0.15, 0.2) is 41.6 Å². The Labute approximate surface area is 163 Å². The lowest BCUT2D eigenvalue weighted by Crippen LogP contribution is -2.42. The van der Waals surface area contributed by atoms with Crippen LogP contribution in [0.1, 0.15) is 23.3 Å². The number of piperidine rings is 1. The number of thiophene rings is 1. The zero-order valence-corrected chi connectivity index (χ0v) is 17.0. The number of nitrogens with zero attached hydrogens (tertiary/aromatic N) is 3. The molecule has 3 heterocycles. The molecule has 0 aliphatic carbocycles. The van der Waals surface area contributed by atoms with Crippen molar-refractivity contribution in [2.45, 2.75) is 37.6 Å². The largest absolute Gasteiger partial charge is 0.367 e. The van der Waals surface area contributed by atoms with Crippen molar-refractivity contribution in [1.29, 1.82) is 0 Å². The van der Waals surface area contributed by atoms with E-state index in [9.17, 15) is 8.42 Å². The predicted molar refractivity (Wildman–Crippen MR) is 109 cm³/mol. The third-order valence-corrected chi connectivity index (χ3v) is 7.78. The molecule has 142 valence electrons. The minimum absolute atomic E-state index is 0.202. The van der Waals surface area contributed by atoms with Gasteiger partial charge in [0.25, 0.3) is 0 Å². The van der Waals surface area contributed by atoms with Crippen LogP contribution in [0.5, 0.6) is 0 Å². The molecule has 0 saturated carbocycles. The highest BCUT2D eigenvalue weighted by Crippen LogP contribution is 2.29. The number of anilines is 1. The van der Waals surface area contributed by atoms with Gasteiger partial charge in [-0.05, 0) is 44.9 Å². The molecule has 0 unspecified atom stereocenters. The first-order valence-corrected chi connectivity index (χ1v) is 11.2. The fraction of sp³-hybridized carbons (Fsp3) is 0.368. The molecule has 0 amide bonds. The third-order valence-electron chi connectivity index (χ3n) is 4.91. The minimum atomic E-state index is -3.42.